The van der Waals surface area contributed by atoms with E-state index in [0.717, 1.165) is 6.07 Å². The molecule has 1 heterocycles. The number of hydrogen-bond acceptors (Lipinski definition) is 3. The van der Waals surface area contributed by atoms with Gasteiger partial charge in [-0.05, 0) is 31.0 Å². The Hall–Kier alpha value is -2.11. The van der Waals surface area contributed by atoms with Gasteiger partial charge in [-0.2, -0.15) is 0 Å². The first-order chi connectivity index (χ1) is 8.99. The van der Waals surface area contributed by atoms with Gasteiger partial charge in [-0.25, -0.2) is 4.39 Å². The predicted octanol–water partition coefficient (Wildman–Crippen LogP) is 1.34. The van der Waals surface area contributed by atoms with Crippen LogP contribution in [-0.2, 0) is 4.79 Å². The van der Waals surface area contributed by atoms with E-state index in [0.29, 0.717) is 19.4 Å². The van der Waals surface area contributed by atoms with Gasteiger partial charge >= 0.3 is 5.97 Å². The second-order valence-corrected chi connectivity index (χ2v) is 4.66. The lowest BCUT2D eigenvalue weighted by Gasteiger charge is -2.31. The third-order valence-corrected chi connectivity index (χ3v) is 3.30. The van der Waals surface area contributed by atoms with Gasteiger partial charge in [0, 0.05) is 18.8 Å². The van der Waals surface area contributed by atoms with E-state index in [2.05, 4.69) is 0 Å². The van der Waals surface area contributed by atoms with Crippen LogP contribution in [0.2, 0.25) is 0 Å². The van der Waals surface area contributed by atoms with Crippen LogP contribution in [0.25, 0.3) is 0 Å². The van der Waals surface area contributed by atoms with Crippen molar-refractivity contribution in [2.45, 2.75) is 12.8 Å². The standard InChI is InChI=1S/C13H15FN2O3/c14-9-3-4-11(15)10(6-9)12(17)16-5-1-2-8(7-16)13(18)19/h3-4,6,8H,1-2,5,7,15H2,(H,18,19)/t8-/m1/s1. The Morgan fingerprint density at radius 3 is 2.84 bits per heavy atom. The molecule has 1 aromatic carbocycles. The number of nitrogens with zero attached hydrogens (tertiary/aromatic N) is 1. The lowest BCUT2D eigenvalue weighted by atomic mass is 9.97. The van der Waals surface area contributed by atoms with Crippen molar-refractivity contribution in [1.29, 1.82) is 0 Å². The molecule has 0 unspecified atom stereocenters. The summed E-state index contributed by atoms with van der Waals surface area (Å²) in [6.07, 6.45) is 1.18. The molecule has 1 fully saturated rings. The second-order valence-electron chi connectivity index (χ2n) is 4.66. The topological polar surface area (TPSA) is 83.6 Å². The molecule has 1 saturated heterocycles. The molecule has 0 radical (unpaired) electrons. The number of hydrogen-bond donors (Lipinski definition) is 2. The van der Waals surface area contributed by atoms with E-state index >= 15 is 0 Å². The van der Waals surface area contributed by atoms with Crippen molar-refractivity contribution >= 4 is 17.6 Å². The molecule has 0 aliphatic carbocycles. The summed E-state index contributed by atoms with van der Waals surface area (Å²) in [7, 11) is 0. The molecular formula is C13H15FN2O3. The minimum Gasteiger partial charge on any atom is -0.481 e. The molecule has 19 heavy (non-hydrogen) atoms. The van der Waals surface area contributed by atoms with E-state index in [1.54, 1.807) is 0 Å². The molecule has 3 N–H and O–H groups in total. The van der Waals surface area contributed by atoms with Crippen LogP contribution in [0.15, 0.2) is 18.2 Å². The molecule has 0 spiro atoms. The zero-order chi connectivity index (χ0) is 14.0. The maximum absolute atomic E-state index is 13.2. The third kappa shape index (κ3) is 2.83. The largest absolute Gasteiger partial charge is 0.481 e. The highest BCUT2D eigenvalue weighted by molar-refractivity contribution is 5.99. The number of nitrogen functional groups attached to an aromatic ring is 1. The van der Waals surface area contributed by atoms with Gasteiger partial charge in [-0.3, -0.25) is 9.59 Å². The zero-order valence-electron chi connectivity index (χ0n) is 10.3. The number of carboxylic acid groups (broad SMARTS) is 1. The highest BCUT2D eigenvalue weighted by Crippen LogP contribution is 2.21. The smallest absolute Gasteiger partial charge is 0.308 e. The number of nitrogens with two attached hydrogens (primary N) is 1. The molecule has 0 aromatic heterocycles. The first-order valence-electron chi connectivity index (χ1n) is 6.06. The summed E-state index contributed by atoms with van der Waals surface area (Å²) >= 11 is 0. The number of carboxylic acids is 1. The van der Waals surface area contributed by atoms with Crippen LogP contribution in [-0.4, -0.2) is 35.0 Å². The van der Waals surface area contributed by atoms with Crippen LogP contribution in [0, 0.1) is 11.7 Å². The van der Waals surface area contributed by atoms with Crippen molar-refractivity contribution in [3.05, 3.63) is 29.6 Å². The molecule has 6 heteroatoms. The molecule has 1 amide bonds. The second kappa shape index (κ2) is 5.26. The summed E-state index contributed by atoms with van der Waals surface area (Å²) in [5.41, 5.74) is 5.95. The number of likely N-dealkylation sites (tertiary alicyclic amines) is 1. The maximum Gasteiger partial charge on any atom is 0.308 e. The molecule has 1 aliphatic rings. The Morgan fingerprint density at radius 1 is 1.42 bits per heavy atom. The molecule has 1 aliphatic heterocycles. The number of rotatable bonds is 2. The summed E-state index contributed by atoms with van der Waals surface area (Å²) in [5.74, 6) is -2.43. The average molecular weight is 266 g/mol. The molecule has 2 rings (SSSR count). The van der Waals surface area contributed by atoms with Crippen LogP contribution < -0.4 is 5.73 Å². The summed E-state index contributed by atoms with van der Waals surface area (Å²) < 4.78 is 13.2. The number of benzene rings is 1. The number of carbonyl (C=O) groups excluding carboxylic acids is 1. The predicted molar refractivity (Wildman–Crippen MR) is 67.1 cm³/mol. The Labute approximate surface area is 109 Å². The molecule has 5 nitrogen and oxygen atoms in total. The van der Waals surface area contributed by atoms with Crippen LogP contribution in [0.4, 0.5) is 10.1 Å². The van der Waals surface area contributed by atoms with Gasteiger partial charge in [-0.15, -0.1) is 0 Å². The summed E-state index contributed by atoms with van der Waals surface area (Å²) in [5, 5.41) is 8.98. The fourth-order valence-corrected chi connectivity index (χ4v) is 2.25. The van der Waals surface area contributed by atoms with Gasteiger partial charge in [0.15, 0.2) is 0 Å². The van der Waals surface area contributed by atoms with E-state index in [-0.39, 0.29) is 17.8 Å². The van der Waals surface area contributed by atoms with Crippen molar-refractivity contribution in [1.82, 2.24) is 4.90 Å². The van der Waals surface area contributed by atoms with Crippen LogP contribution >= 0.6 is 0 Å². The van der Waals surface area contributed by atoms with Crippen molar-refractivity contribution in [2.24, 2.45) is 5.92 Å². The van der Waals surface area contributed by atoms with Gasteiger partial charge < -0.3 is 15.7 Å². The molecule has 1 aromatic rings. The van der Waals surface area contributed by atoms with Crippen molar-refractivity contribution in [3.8, 4) is 0 Å². The number of piperidine rings is 1. The van der Waals surface area contributed by atoms with E-state index in [1.165, 1.54) is 17.0 Å². The molecule has 1 atom stereocenters. The summed E-state index contributed by atoms with van der Waals surface area (Å²) in [6.45, 7) is 0.614. The Morgan fingerprint density at radius 2 is 2.16 bits per heavy atom. The first-order valence-corrected chi connectivity index (χ1v) is 6.06. The van der Waals surface area contributed by atoms with Crippen molar-refractivity contribution < 1.29 is 19.1 Å². The fourth-order valence-electron chi connectivity index (χ4n) is 2.25. The maximum atomic E-state index is 13.2. The highest BCUT2D eigenvalue weighted by Gasteiger charge is 2.29. The number of anilines is 1. The number of amides is 1. The molecule has 0 saturated carbocycles. The van der Waals surface area contributed by atoms with Gasteiger partial charge in [-0.1, -0.05) is 0 Å². The SMILES string of the molecule is Nc1ccc(F)cc1C(=O)N1CCC[C@@H](C(=O)O)C1. The van der Waals surface area contributed by atoms with Crippen LogP contribution in [0.3, 0.4) is 0 Å². The van der Waals surface area contributed by atoms with E-state index in [1.807, 2.05) is 0 Å². The minimum absolute atomic E-state index is 0.0889. The molecular weight excluding hydrogens is 251 g/mol. The van der Waals surface area contributed by atoms with Crippen LogP contribution in [0.1, 0.15) is 23.2 Å². The first kappa shape index (κ1) is 13.3. The fraction of sp³-hybridized carbons (Fsp3) is 0.385. The normalized spacial score (nSPS) is 19.2. The lowest BCUT2D eigenvalue weighted by Crippen LogP contribution is -2.42. The van der Waals surface area contributed by atoms with E-state index in [4.69, 9.17) is 10.8 Å². The Balaban J connectivity index is 2.19. The quantitative estimate of drug-likeness (QED) is 0.791. The number of carbonyl (C=O) groups is 2. The van der Waals surface area contributed by atoms with Crippen molar-refractivity contribution in [2.75, 3.05) is 18.8 Å². The number of halogens is 1. The Kier molecular flexibility index (Phi) is 3.69. The summed E-state index contributed by atoms with van der Waals surface area (Å²) in [4.78, 5) is 24.6. The van der Waals surface area contributed by atoms with Gasteiger partial charge in [0.25, 0.3) is 5.91 Å². The monoisotopic (exact) mass is 266 g/mol. The summed E-state index contributed by atoms with van der Waals surface area (Å²) in [6, 6.07) is 3.60. The average Bonchev–Trinajstić information content (AvgIpc) is 2.41. The minimum atomic E-state index is -0.912. The number of aliphatic carboxylic acids is 1. The molecule has 0 bridgehead atoms. The zero-order valence-corrected chi connectivity index (χ0v) is 10.3. The van der Waals surface area contributed by atoms with Crippen LogP contribution in [0.5, 0.6) is 0 Å². The highest BCUT2D eigenvalue weighted by atomic mass is 19.1. The lowest BCUT2D eigenvalue weighted by molar-refractivity contribution is -0.143. The van der Waals surface area contributed by atoms with E-state index < -0.39 is 23.6 Å². The van der Waals surface area contributed by atoms with Gasteiger partial charge in [0.05, 0.1) is 11.5 Å². The third-order valence-electron chi connectivity index (χ3n) is 3.30. The van der Waals surface area contributed by atoms with E-state index in [9.17, 15) is 14.0 Å². The van der Waals surface area contributed by atoms with Gasteiger partial charge in [0.1, 0.15) is 5.82 Å². The Bertz CT molecular complexity index is 519. The molecule has 102 valence electrons. The van der Waals surface area contributed by atoms with Gasteiger partial charge in [0.2, 0.25) is 0 Å². The van der Waals surface area contributed by atoms with Crippen molar-refractivity contribution in [3.63, 3.8) is 0 Å².